The van der Waals surface area contributed by atoms with E-state index in [0.29, 0.717) is 0 Å². The lowest BCUT2D eigenvalue weighted by atomic mass is 10.4. The Balaban J connectivity index is 2.16. The van der Waals surface area contributed by atoms with Crippen LogP contribution in [0.2, 0.25) is 0 Å². The highest BCUT2D eigenvalue weighted by molar-refractivity contribution is 14.1. The number of aromatic nitrogens is 1. The van der Waals surface area contributed by atoms with Crippen LogP contribution < -0.4 is 5.32 Å². The van der Waals surface area contributed by atoms with Crippen LogP contribution in [0.4, 0.5) is 5.69 Å². The molecule has 0 aromatic carbocycles. The molecular formula is C8H11IN2O. The topological polar surface area (TPSA) is 34.1 Å². The molecule has 4 heteroatoms. The van der Waals surface area contributed by atoms with Gasteiger partial charge in [0.05, 0.1) is 6.61 Å². The Morgan fingerprint density at radius 3 is 2.83 bits per heavy atom. The molecule has 0 aliphatic rings. The summed E-state index contributed by atoms with van der Waals surface area (Å²) in [6.45, 7) is 1.73. The third-order valence-electron chi connectivity index (χ3n) is 1.41. The quantitative estimate of drug-likeness (QED) is 0.662. The number of nitrogens with zero attached hydrogens (tertiary/aromatic N) is 1. The molecule has 12 heavy (non-hydrogen) atoms. The summed E-state index contributed by atoms with van der Waals surface area (Å²) in [5, 5.41) is 3.26. The number of anilines is 1. The normalized spacial score (nSPS) is 9.75. The van der Waals surface area contributed by atoms with E-state index < -0.39 is 0 Å². The van der Waals surface area contributed by atoms with Crippen molar-refractivity contribution in [1.82, 2.24) is 4.98 Å². The van der Waals surface area contributed by atoms with Crippen molar-refractivity contribution >= 4 is 28.7 Å². The molecule has 0 amide bonds. The van der Waals surface area contributed by atoms with Crippen molar-refractivity contribution < 1.29 is 3.07 Å². The number of rotatable bonds is 5. The molecule has 3 nitrogen and oxygen atoms in total. The SMILES string of the molecule is IOCCCNc1ccncc1. The predicted molar refractivity (Wildman–Crippen MR) is 57.3 cm³/mol. The van der Waals surface area contributed by atoms with Gasteiger partial charge in [0.15, 0.2) is 0 Å². The van der Waals surface area contributed by atoms with Crippen LogP contribution in [-0.2, 0) is 3.07 Å². The van der Waals surface area contributed by atoms with Gasteiger partial charge < -0.3 is 8.38 Å². The van der Waals surface area contributed by atoms with E-state index >= 15 is 0 Å². The zero-order chi connectivity index (χ0) is 8.65. The second-order valence-corrected chi connectivity index (χ2v) is 2.95. The summed E-state index contributed by atoms with van der Waals surface area (Å²) in [5.41, 5.74) is 1.11. The van der Waals surface area contributed by atoms with E-state index in [9.17, 15) is 0 Å². The summed E-state index contributed by atoms with van der Waals surface area (Å²) >= 11 is 1.90. The van der Waals surface area contributed by atoms with Gasteiger partial charge in [0.25, 0.3) is 0 Å². The van der Waals surface area contributed by atoms with Gasteiger partial charge in [-0.05, 0) is 18.6 Å². The number of hydrogen-bond acceptors (Lipinski definition) is 3. The molecule has 0 radical (unpaired) electrons. The largest absolute Gasteiger partial charge is 0.385 e. The van der Waals surface area contributed by atoms with Gasteiger partial charge in [0.2, 0.25) is 0 Å². The van der Waals surface area contributed by atoms with Crippen LogP contribution >= 0.6 is 23.0 Å². The number of nitrogens with one attached hydrogen (secondary N) is 1. The highest BCUT2D eigenvalue weighted by Gasteiger charge is 1.88. The van der Waals surface area contributed by atoms with Gasteiger partial charge in [-0.3, -0.25) is 4.98 Å². The molecule has 1 N–H and O–H groups in total. The lowest BCUT2D eigenvalue weighted by Crippen LogP contribution is -2.03. The van der Waals surface area contributed by atoms with Crippen molar-refractivity contribution in [2.24, 2.45) is 0 Å². The smallest absolute Gasteiger partial charge is 0.109 e. The monoisotopic (exact) mass is 278 g/mol. The van der Waals surface area contributed by atoms with Crippen LogP contribution in [0.3, 0.4) is 0 Å². The molecule has 0 aliphatic heterocycles. The summed E-state index contributed by atoms with van der Waals surface area (Å²) in [6.07, 6.45) is 4.57. The molecule has 0 bridgehead atoms. The summed E-state index contributed by atoms with van der Waals surface area (Å²) in [7, 11) is 0. The van der Waals surface area contributed by atoms with Gasteiger partial charge in [-0.1, -0.05) is 0 Å². The van der Waals surface area contributed by atoms with Crippen molar-refractivity contribution in [1.29, 1.82) is 0 Å². The Labute approximate surface area is 86.2 Å². The van der Waals surface area contributed by atoms with Gasteiger partial charge in [-0.2, -0.15) is 0 Å². The van der Waals surface area contributed by atoms with E-state index in [0.717, 1.165) is 25.3 Å². The van der Waals surface area contributed by atoms with Gasteiger partial charge >= 0.3 is 0 Å². The van der Waals surface area contributed by atoms with Crippen molar-refractivity contribution in [3.63, 3.8) is 0 Å². The van der Waals surface area contributed by atoms with Crippen molar-refractivity contribution in [2.75, 3.05) is 18.5 Å². The molecule has 0 spiro atoms. The fraction of sp³-hybridized carbons (Fsp3) is 0.375. The average molecular weight is 278 g/mol. The Bertz CT molecular complexity index is 205. The lowest BCUT2D eigenvalue weighted by Gasteiger charge is -2.03. The molecule has 0 saturated heterocycles. The molecule has 0 saturated carbocycles. The van der Waals surface area contributed by atoms with Crippen LogP contribution in [0.5, 0.6) is 0 Å². The molecule has 1 heterocycles. The maximum Gasteiger partial charge on any atom is 0.109 e. The molecule has 1 aromatic rings. The molecule has 0 atom stereocenters. The minimum Gasteiger partial charge on any atom is -0.385 e. The summed E-state index contributed by atoms with van der Waals surface area (Å²) in [4.78, 5) is 3.92. The van der Waals surface area contributed by atoms with Crippen molar-refractivity contribution in [3.05, 3.63) is 24.5 Å². The third kappa shape index (κ3) is 3.87. The Hall–Kier alpha value is -0.360. The molecule has 66 valence electrons. The minimum absolute atomic E-state index is 0.790. The Morgan fingerprint density at radius 1 is 1.42 bits per heavy atom. The van der Waals surface area contributed by atoms with Crippen LogP contribution in [0.1, 0.15) is 6.42 Å². The third-order valence-corrected chi connectivity index (χ3v) is 1.85. The molecule has 0 unspecified atom stereocenters. The summed E-state index contributed by atoms with van der Waals surface area (Å²) in [6, 6.07) is 3.90. The first-order valence-electron chi connectivity index (χ1n) is 3.81. The Kier molecular flexibility index (Phi) is 5.02. The number of halogens is 1. The van der Waals surface area contributed by atoms with E-state index in [-0.39, 0.29) is 0 Å². The van der Waals surface area contributed by atoms with E-state index in [1.165, 1.54) is 0 Å². The average Bonchev–Trinajstić information content (AvgIpc) is 2.14. The predicted octanol–water partition coefficient (Wildman–Crippen LogP) is 2.25. The Morgan fingerprint density at radius 2 is 2.17 bits per heavy atom. The molecule has 0 fully saturated rings. The van der Waals surface area contributed by atoms with E-state index in [1.807, 2.05) is 35.1 Å². The van der Waals surface area contributed by atoms with Crippen molar-refractivity contribution in [3.8, 4) is 0 Å². The first-order valence-corrected chi connectivity index (χ1v) is 4.69. The summed E-state index contributed by atoms with van der Waals surface area (Å²) < 4.78 is 4.90. The zero-order valence-electron chi connectivity index (χ0n) is 6.66. The highest BCUT2D eigenvalue weighted by Crippen LogP contribution is 2.02. The van der Waals surface area contributed by atoms with Gasteiger partial charge in [-0.25, -0.2) is 0 Å². The van der Waals surface area contributed by atoms with Crippen LogP contribution in [0.25, 0.3) is 0 Å². The fourth-order valence-electron chi connectivity index (χ4n) is 0.829. The lowest BCUT2D eigenvalue weighted by molar-refractivity contribution is 0.420. The van der Waals surface area contributed by atoms with Gasteiger partial charge in [0.1, 0.15) is 23.0 Å². The first-order chi connectivity index (χ1) is 5.93. The van der Waals surface area contributed by atoms with E-state index in [4.69, 9.17) is 3.07 Å². The van der Waals surface area contributed by atoms with Gasteiger partial charge in [-0.15, -0.1) is 0 Å². The second kappa shape index (κ2) is 6.19. The number of pyridine rings is 1. The number of hydrogen-bond donors (Lipinski definition) is 1. The van der Waals surface area contributed by atoms with E-state index in [1.54, 1.807) is 12.4 Å². The summed E-state index contributed by atoms with van der Waals surface area (Å²) in [5.74, 6) is 0. The molecule has 0 aliphatic carbocycles. The van der Waals surface area contributed by atoms with Crippen molar-refractivity contribution in [2.45, 2.75) is 6.42 Å². The maximum atomic E-state index is 4.90. The standard InChI is InChI=1S/C8H11IN2O/c9-12-7-1-4-11-8-2-5-10-6-3-8/h2-3,5-6H,1,4,7H2,(H,10,11). The molecular weight excluding hydrogens is 267 g/mol. The highest BCUT2D eigenvalue weighted by atomic mass is 127. The van der Waals surface area contributed by atoms with Gasteiger partial charge in [0, 0.05) is 24.6 Å². The maximum absolute atomic E-state index is 4.90. The molecule has 1 aromatic heterocycles. The van der Waals surface area contributed by atoms with Crippen LogP contribution in [0.15, 0.2) is 24.5 Å². The van der Waals surface area contributed by atoms with E-state index in [2.05, 4.69) is 10.3 Å². The zero-order valence-corrected chi connectivity index (χ0v) is 8.82. The fourth-order valence-corrected chi connectivity index (χ4v) is 1.14. The second-order valence-electron chi connectivity index (χ2n) is 2.33. The minimum atomic E-state index is 0.790. The van der Waals surface area contributed by atoms with Crippen LogP contribution in [-0.4, -0.2) is 18.1 Å². The van der Waals surface area contributed by atoms with Crippen LogP contribution in [0, 0.1) is 0 Å². The first kappa shape index (κ1) is 9.73. The molecule has 1 rings (SSSR count).